The van der Waals surface area contributed by atoms with Crippen molar-refractivity contribution in [1.82, 2.24) is 4.57 Å². The Morgan fingerprint density at radius 3 is 2.35 bits per heavy atom. The molecule has 0 saturated heterocycles. The van der Waals surface area contributed by atoms with Crippen molar-refractivity contribution in [3.63, 3.8) is 0 Å². The molecule has 0 spiro atoms. The molecule has 4 aromatic rings. The average Bonchev–Trinajstić information content (AvgIpc) is 2.86. The van der Waals surface area contributed by atoms with E-state index in [1.54, 1.807) is 60.7 Å². The number of para-hydroxylation sites is 1. The third kappa shape index (κ3) is 4.38. The van der Waals surface area contributed by atoms with Crippen LogP contribution in [-0.4, -0.2) is 33.1 Å². The number of ether oxygens (including phenoxy) is 2. The molecule has 0 aliphatic heterocycles. The number of methoxy groups -OCH3 is 2. The lowest BCUT2D eigenvalue weighted by molar-refractivity contribution is -0.116. The minimum absolute atomic E-state index is 0.000463. The van der Waals surface area contributed by atoms with Crippen LogP contribution in [-0.2, 0) is 21.2 Å². The number of pyridine rings is 1. The number of anilines is 1. The molecular formula is C25H22N2O6S. The maximum Gasteiger partial charge on any atom is 0.244 e. The Labute approximate surface area is 196 Å². The maximum absolute atomic E-state index is 13.2. The van der Waals surface area contributed by atoms with Crippen LogP contribution in [0.3, 0.4) is 0 Å². The zero-order chi connectivity index (χ0) is 24.3. The maximum atomic E-state index is 13.2. The molecule has 0 aliphatic carbocycles. The number of fused-ring (bicyclic) bond motifs is 1. The second-order valence-electron chi connectivity index (χ2n) is 7.40. The monoisotopic (exact) mass is 478 g/mol. The summed E-state index contributed by atoms with van der Waals surface area (Å²) in [5, 5.41) is 2.96. The van der Waals surface area contributed by atoms with Gasteiger partial charge < -0.3 is 19.4 Å². The molecule has 3 aromatic carbocycles. The van der Waals surface area contributed by atoms with Crippen LogP contribution in [0.15, 0.2) is 93.6 Å². The van der Waals surface area contributed by atoms with Crippen molar-refractivity contribution >= 4 is 32.3 Å². The van der Waals surface area contributed by atoms with Crippen LogP contribution in [0, 0.1) is 0 Å². The Bertz CT molecular complexity index is 1530. The number of amides is 1. The summed E-state index contributed by atoms with van der Waals surface area (Å²) in [5.41, 5.74) is 0.215. The third-order valence-electron chi connectivity index (χ3n) is 5.29. The fourth-order valence-corrected chi connectivity index (χ4v) is 5.01. The molecule has 0 bridgehead atoms. The summed E-state index contributed by atoms with van der Waals surface area (Å²) in [6.45, 7) is -0.238. The summed E-state index contributed by atoms with van der Waals surface area (Å²) in [6, 6.07) is 19.3. The Kier molecular flexibility index (Phi) is 6.38. The number of carbonyl (C=O) groups excluding carboxylic acids is 1. The van der Waals surface area contributed by atoms with Crippen molar-refractivity contribution in [1.29, 1.82) is 0 Å². The molecule has 1 aromatic heterocycles. The van der Waals surface area contributed by atoms with Gasteiger partial charge >= 0.3 is 0 Å². The van der Waals surface area contributed by atoms with Gasteiger partial charge in [-0.2, -0.15) is 0 Å². The van der Waals surface area contributed by atoms with Gasteiger partial charge in [0.05, 0.1) is 30.3 Å². The number of nitrogens with one attached hydrogen (secondary N) is 1. The number of nitrogens with zero attached hydrogens (tertiary/aromatic N) is 1. The molecule has 34 heavy (non-hydrogen) atoms. The van der Waals surface area contributed by atoms with Crippen LogP contribution in [0.2, 0.25) is 0 Å². The highest BCUT2D eigenvalue weighted by Gasteiger charge is 2.24. The molecule has 1 heterocycles. The van der Waals surface area contributed by atoms with Gasteiger partial charge in [0.2, 0.25) is 21.2 Å². The van der Waals surface area contributed by atoms with Gasteiger partial charge in [-0.15, -0.1) is 0 Å². The molecule has 0 radical (unpaired) electrons. The summed E-state index contributed by atoms with van der Waals surface area (Å²) >= 11 is 0. The number of benzene rings is 3. The number of carbonyl (C=O) groups is 1. The van der Waals surface area contributed by atoms with Gasteiger partial charge in [0, 0.05) is 17.6 Å². The van der Waals surface area contributed by atoms with Crippen molar-refractivity contribution in [2.45, 2.75) is 16.3 Å². The minimum Gasteiger partial charge on any atom is -0.497 e. The molecule has 1 amide bonds. The van der Waals surface area contributed by atoms with Crippen molar-refractivity contribution < 1.29 is 22.7 Å². The number of sulfone groups is 1. The highest BCUT2D eigenvalue weighted by molar-refractivity contribution is 7.91. The van der Waals surface area contributed by atoms with E-state index < -0.39 is 26.1 Å². The lowest BCUT2D eigenvalue weighted by atomic mass is 10.2. The standard InChI is InChI=1S/C25H22N2O6S/c1-32-17-12-13-22(33-2)20(14-17)26-24(28)16-27-15-23(25(29)19-10-6-7-11-21(19)27)34(30,31)18-8-4-3-5-9-18/h3-15H,16H2,1-2H3,(H,26,28). The van der Waals surface area contributed by atoms with E-state index in [0.717, 1.165) is 0 Å². The minimum atomic E-state index is -4.10. The summed E-state index contributed by atoms with van der Waals surface area (Å²) in [7, 11) is -1.11. The van der Waals surface area contributed by atoms with E-state index in [2.05, 4.69) is 5.32 Å². The lowest BCUT2D eigenvalue weighted by Gasteiger charge is -2.15. The second kappa shape index (κ2) is 9.40. The van der Waals surface area contributed by atoms with Crippen LogP contribution < -0.4 is 20.2 Å². The normalized spacial score (nSPS) is 11.2. The van der Waals surface area contributed by atoms with Gasteiger partial charge in [-0.05, 0) is 36.4 Å². The summed E-state index contributed by atoms with van der Waals surface area (Å²) < 4.78 is 38.4. The molecule has 174 valence electrons. The first kappa shape index (κ1) is 23.1. The van der Waals surface area contributed by atoms with Gasteiger partial charge in [-0.3, -0.25) is 9.59 Å². The number of aromatic nitrogens is 1. The molecule has 0 saturated carbocycles. The summed E-state index contributed by atoms with van der Waals surface area (Å²) in [5.74, 6) is 0.524. The van der Waals surface area contributed by atoms with Crippen molar-refractivity contribution in [3.8, 4) is 11.5 Å². The SMILES string of the molecule is COc1ccc(OC)c(NC(=O)Cn2cc(S(=O)(=O)c3ccccc3)c(=O)c3ccccc32)c1. The fourth-order valence-electron chi connectivity index (χ4n) is 3.62. The van der Waals surface area contributed by atoms with E-state index in [-0.39, 0.29) is 16.8 Å². The van der Waals surface area contributed by atoms with Crippen LogP contribution in [0.4, 0.5) is 5.69 Å². The predicted molar refractivity (Wildman–Crippen MR) is 128 cm³/mol. The Balaban J connectivity index is 1.77. The molecule has 0 unspecified atom stereocenters. The highest BCUT2D eigenvalue weighted by Crippen LogP contribution is 2.29. The van der Waals surface area contributed by atoms with Crippen LogP contribution in [0.5, 0.6) is 11.5 Å². The van der Waals surface area contributed by atoms with E-state index in [4.69, 9.17) is 9.47 Å². The largest absolute Gasteiger partial charge is 0.497 e. The zero-order valence-corrected chi connectivity index (χ0v) is 19.3. The smallest absolute Gasteiger partial charge is 0.244 e. The summed E-state index contributed by atoms with van der Waals surface area (Å²) in [4.78, 5) is 25.7. The fraction of sp³-hybridized carbons (Fsp3) is 0.120. The molecule has 0 aliphatic rings. The second-order valence-corrected chi connectivity index (χ2v) is 9.32. The van der Waals surface area contributed by atoms with Gasteiger partial charge in [-0.1, -0.05) is 30.3 Å². The van der Waals surface area contributed by atoms with Gasteiger partial charge in [0.15, 0.2) is 0 Å². The zero-order valence-electron chi connectivity index (χ0n) is 18.5. The Hall–Kier alpha value is -4.11. The first-order valence-corrected chi connectivity index (χ1v) is 11.8. The Morgan fingerprint density at radius 2 is 1.65 bits per heavy atom. The van der Waals surface area contributed by atoms with Crippen LogP contribution >= 0.6 is 0 Å². The molecule has 1 N–H and O–H groups in total. The van der Waals surface area contributed by atoms with Gasteiger partial charge in [-0.25, -0.2) is 8.42 Å². The number of rotatable bonds is 7. The van der Waals surface area contributed by atoms with Gasteiger partial charge in [0.1, 0.15) is 22.9 Å². The van der Waals surface area contributed by atoms with E-state index >= 15 is 0 Å². The molecular weight excluding hydrogens is 456 g/mol. The van der Waals surface area contributed by atoms with E-state index in [1.807, 2.05) is 0 Å². The average molecular weight is 479 g/mol. The lowest BCUT2D eigenvalue weighted by Crippen LogP contribution is -2.24. The Morgan fingerprint density at radius 1 is 0.941 bits per heavy atom. The van der Waals surface area contributed by atoms with E-state index in [1.165, 1.54) is 37.1 Å². The summed E-state index contributed by atoms with van der Waals surface area (Å²) in [6.07, 6.45) is 1.22. The van der Waals surface area contributed by atoms with E-state index in [0.29, 0.717) is 22.7 Å². The topological polar surface area (TPSA) is 104 Å². The van der Waals surface area contributed by atoms with Crippen molar-refractivity contribution in [2.24, 2.45) is 0 Å². The molecule has 8 nitrogen and oxygen atoms in total. The third-order valence-corrected chi connectivity index (χ3v) is 7.06. The van der Waals surface area contributed by atoms with Crippen molar-refractivity contribution in [2.75, 3.05) is 19.5 Å². The quantitative estimate of drug-likeness (QED) is 0.436. The van der Waals surface area contributed by atoms with Crippen LogP contribution in [0.1, 0.15) is 0 Å². The number of hydrogen-bond acceptors (Lipinski definition) is 6. The molecule has 0 fully saturated rings. The van der Waals surface area contributed by atoms with Crippen LogP contribution in [0.25, 0.3) is 10.9 Å². The highest BCUT2D eigenvalue weighted by atomic mass is 32.2. The number of hydrogen-bond donors (Lipinski definition) is 1. The first-order valence-electron chi connectivity index (χ1n) is 10.3. The molecule has 9 heteroatoms. The first-order chi connectivity index (χ1) is 16.3. The molecule has 0 atom stereocenters. The predicted octanol–water partition coefficient (Wildman–Crippen LogP) is 3.49. The van der Waals surface area contributed by atoms with E-state index in [9.17, 15) is 18.0 Å². The molecule has 4 rings (SSSR count). The van der Waals surface area contributed by atoms with Crippen molar-refractivity contribution in [3.05, 3.63) is 89.2 Å². The van der Waals surface area contributed by atoms with Gasteiger partial charge in [0.25, 0.3) is 0 Å².